The number of nitrogens with zero attached hydrogens (tertiary/aromatic N) is 1. The maximum absolute atomic E-state index is 3.65. The molecule has 0 aliphatic carbocycles. The molecule has 0 fully saturated rings. The van der Waals surface area contributed by atoms with Gasteiger partial charge in [0.25, 0.3) is 0 Å². The van der Waals surface area contributed by atoms with E-state index in [1.54, 1.807) is 0 Å². The number of hydrogen-bond donors (Lipinski definition) is 0. The van der Waals surface area contributed by atoms with Gasteiger partial charge < -0.3 is 4.90 Å². The van der Waals surface area contributed by atoms with Crippen molar-refractivity contribution < 1.29 is 0 Å². The fourth-order valence-corrected chi connectivity index (χ4v) is 3.53. The average Bonchev–Trinajstić information content (AvgIpc) is 2.26. The first-order valence-corrected chi connectivity index (χ1v) is 7.51. The van der Waals surface area contributed by atoms with E-state index in [9.17, 15) is 0 Å². The van der Waals surface area contributed by atoms with Crippen LogP contribution in [0.25, 0.3) is 6.08 Å². The van der Waals surface area contributed by atoms with E-state index in [1.807, 2.05) is 0 Å². The number of fused-ring (bicyclic) bond motifs is 1. The smallest absolute Gasteiger partial charge is 0.159 e. The molecule has 1 aromatic rings. The monoisotopic (exact) mass is 407 g/mol. The zero-order chi connectivity index (χ0) is 11.8. The van der Waals surface area contributed by atoms with Gasteiger partial charge in [-0.05, 0) is 24.1 Å². The number of halogens is 3. The minimum Gasteiger partial charge on any atom is -0.367 e. The first-order chi connectivity index (χ1) is 7.54. The molecule has 1 aliphatic rings. The maximum atomic E-state index is 3.65. The van der Waals surface area contributed by atoms with E-state index in [1.165, 1.54) is 11.1 Å². The first-order valence-electron chi connectivity index (χ1n) is 5.13. The van der Waals surface area contributed by atoms with Crippen molar-refractivity contribution in [3.05, 3.63) is 41.6 Å². The van der Waals surface area contributed by atoms with Gasteiger partial charge in [0.1, 0.15) is 0 Å². The van der Waals surface area contributed by atoms with Crippen LogP contribution in [-0.4, -0.2) is 13.6 Å². The molecule has 0 saturated heterocycles. The Labute approximate surface area is 121 Å². The lowest BCUT2D eigenvalue weighted by Gasteiger charge is -2.39. The fourth-order valence-electron chi connectivity index (χ4n) is 2.00. The number of hydrogen-bond acceptors (Lipinski definition) is 1. The summed E-state index contributed by atoms with van der Waals surface area (Å²) in [6.45, 7) is 3.13. The molecule has 0 bridgehead atoms. The van der Waals surface area contributed by atoms with Crippen LogP contribution >= 0.6 is 47.8 Å². The zero-order valence-electron chi connectivity index (χ0n) is 8.83. The molecule has 2 rings (SSSR count). The zero-order valence-corrected chi connectivity index (χ0v) is 13.6. The van der Waals surface area contributed by atoms with Crippen LogP contribution < -0.4 is 0 Å². The standard InChI is InChI=1S/C12H12Br3N/c1-2-16-8-7-9-5-3-4-6-10(9)11(16)12(13,14)15/h3-8,11H,2H2,1H3. The second kappa shape index (κ2) is 4.83. The highest BCUT2D eigenvalue weighted by molar-refractivity contribution is 9.39. The van der Waals surface area contributed by atoms with Crippen LogP contribution in [0.1, 0.15) is 24.1 Å². The normalized spacial score (nSPS) is 19.8. The summed E-state index contributed by atoms with van der Waals surface area (Å²) < 4.78 is -0.302. The summed E-state index contributed by atoms with van der Waals surface area (Å²) in [5, 5.41) is 0. The van der Waals surface area contributed by atoms with E-state index in [-0.39, 0.29) is 8.18 Å². The Morgan fingerprint density at radius 2 is 1.94 bits per heavy atom. The van der Waals surface area contributed by atoms with Gasteiger partial charge >= 0.3 is 0 Å². The summed E-state index contributed by atoms with van der Waals surface area (Å²) in [5.74, 6) is 0. The highest BCUT2D eigenvalue weighted by atomic mass is 80.0. The second-order valence-corrected chi connectivity index (χ2v) is 10.7. The van der Waals surface area contributed by atoms with E-state index in [0.717, 1.165) is 6.54 Å². The third kappa shape index (κ3) is 2.39. The van der Waals surface area contributed by atoms with E-state index >= 15 is 0 Å². The number of benzene rings is 1. The van der Waals surface area contributed by atoms with Gasteiger partial charge in [0.05, 0.1) is 6.04 Å². The van der Waals surface area contributed by atoms with Crippen LogP contribution in [0.2, 0.25) is 0 Å². The molecule has 0 radical (unpaired) electrons. The van der Waals surface area contributed by atoms with E-state index < -0.39 is 0 Å². The predicted octanol–water partition coefficient (Wildman–Crippen LogP) is 4.87. The van der Waals surface area contributed by atoms with Crippen molar-refractivity contribution in [2.45, 2.75) is 15.1 Å². The summed E-state index contributed by atoms with van der Waals surface area (Å²) in [4.78, 5) is 2.29. The van der Waals surface area contributed by atoms with Crippen molar-refractivity contribution in [3.63, 3.8) is 0 Å². The Morgan fingerprint density at radius 1 is 1.25 bits per heavy atom. The van der Waals surface area contributed by atoms with Crippen molar-refractivity contribution in [2.75, 3.05) is 6.54 Å². The Kier molecular flexibility index (Phi) is 3.82. The molecule has 0 saturated carbocycles. The van der Waals surface area contributed by atoms with Crippen molar-refractivity contribution >= 4 is 53.9 Å². The maximum Gasteiger partial charge on any atom is 0.159 e. The summed E-state index contributed by atoms with van der Waals surface area (Å²) in [7, 11) is 0. The summed E-state index contributed by atoms with van der Waals surface area (Å²) in [5.41, 5.74) is 2.59. The average molecular weight is 410 g/mol. The van der Waals surface area contributed by atoms with Crippen molar-refractivity contribution in [2.24, 2.45) is 0 Å². The minimum absolute atomic E-state index is 0.235. The lowest BCUT2D eigenvalue weighted by atomic mass is 9.97. The number of alkyl halides is 3. The second-order valence-electron chi connectivity index (χ2n) is 3.72. The molecule has 0 aromatic heterocycles. The highest BCUT2D eigenvalue weighted by Gasteiger charge is 2.37. The predicted molar refractivity (Wildman–Crippen MR) is 80.1 cm³/mol. The molecule has 1 nitrogen and oxygen atoms in total. The molecule has 86 valence electrons. The van der Waals surface area contributed by atoms with Gasteiger partial charge in [-0.2, -0.15) is 0 Å². The Bertz CT molecular complexity index is 409. The molecule has 1 unspecified atom stereocenters. The lowest BCUT2D eigenvalue weighted by molar-refractivity contribution is 0.305. The quantitative estimate of drug-likeness (QED) is 0.598. The third-order valence-electron chi connectivity index (χ3n) is 2.74. The van der Waals surface area contributed by atoms with Crippen molar-refractivity contribution in [1.82, 2.24) is 4.90 Å². The van der Waals surface area contributed by atoms with Crippen LogP contribution in [0.3, 0.4) is 0 Å². The van der Waals surface area contributed by atoms with Gasteiger partial charge in [0.15, 0.2) is 2.14 Å². The van der Waals surface area contributed by atoms with Gasteiger partial charge in [-0.3, -0.25) is 0 Å². The molecular weight excluding hydrogens is 398 g/mol. The van der Waals surface area contributed by atoms with Crippen molar-refractivity contribution in [1.29, 1.82) is 0 Å². The van der Waals surface area contributed by atoms with Crippen LogP contribution in [-0.2, 0) is 0 Å². The molecule has 16 heavy (non-hydrogen) atoms. The first kappa shape index (κ1) is 12.7. The van der Waals surface area contributed by atoms with Crippen LogP contribution in [0.5, 0.6) is 0 Å². The lowest BCUT2D eigenvalue weighted by Crippen LogP contribution is -2.34. The fraction of sp³-hybridized carbons (Fsp3) is 0.333. The largest absolute Gasteiger partial charge is 0.367 e. The van der Waals surface area contributed by atoms with Gasteiger partial charge in [-0.1, -0.05) is 72.1 Å². The summed E-state index contributed by atoms with van der Waals surface area (Å²) in [6.07, 6.45) is 4.31. The van der Waals surface area contributed by atoms with Crippen LogP contribution in [0, 0.1) is 0 Å². The van der Waals surface area contributed by atoms with Crippen LogP contribution in [0.15, 0.2) is 30.5 Å². The molecule has 1 heterocycles. The molecule has 0 spiro atoms. The van der Waals surface area contributed by atoms with Gasteiger partial charge in [-0.15, -0.1) is 0 Å². The number of rotatable bonds is 1. The van der Waals surface area contributed by atoms with E-state index in [0.29, 0.717) is 0 Å². The molecule has 4 heteroatoms. The SMILES string of the molecule is CCN1C=Cc2ccccc2C1C(Br)(Br)Br. The molecule has 1 atom stereocenters. The van der Waals surface area contributed by atoms with E-state index in [2.05, 4.69) is 96.2 Å². The van der Waals surface area contributed by atoms with E-state index in [4.69, 9.17) is 0 Å². The van der Waals surface area contributed by atoms with Gasteiger partial charge in [-0.25, -0.2) is 0 Å². The highest BCUT2D eigenvalue weighted by Crippen LogP contribution is 2.50. The topological polar surface area (TPSA) is 3.24 Å². The van der Waals surface area contributed by atoms with Gasteiger partial charge in [0.2, 0.25) is 0 Å². The minimum atomic E-state index is -0.302. The Balaban J connectivity index is 2.50. The Hall–Kier alpha value is 0.200. The molecule has 0 amide bonds. The van der Waals surface area contributed by atoms with Gasteiger partial charge in [0, 0.05) is 12.7 Å². The molecule has 0 N–H and O–H groups in total. The van der Waals surface area contributed by atoms with Crippen LogP contribution in [0.4, 0.5) is 0 Å². The van der Waals surface area contributed by atoms with Crippen molar-refractivity contribution in [3.8, 4) is 0 Å². The summed E-state index contributed by atoms with van der Waals surface area (Å²) >= 11 is 10.9. The Morgan fingerprint density at radius 3 is 2.56 bits per heavy atom. The third-order valence-corrected chi connectivity index (χ3v) is 4.04. The molecule has 1 aromatic carbocycles. The summed E-state index contributed by atoms with van der Waals surface area (Å²) in [6, 6.07) is 8.70. The molecular formula is C12H12Br3N. The molecule has 1 aliphatic heterocycles.